The quantitative estimate of drug-likeness (QED) is 0.637. The van der Waals surface area contributed by atoms with Gasteiger partial charge in [-0.1, -0.05) is 11.6 Å². The van der Waals surface area contributed by atoms with E-state index in [2.05, 4.69) is 11.4 Å². The number of hydrogen-bond acceptors (Lipinski definition) is 3. The van der Waals surface area contributed by atoms with Gasteiger partial charge < -0.3 is 5.32 Å². The monoisotopic (exact) mass is 280 g/mol. The van der Waals surface area contributed by atoms with Crippen LogP contribution in [0.3, 0.4) is 0 Å². The third-order valence-corrected chi connectivity index (χ3v) is 5.50. The Morgan fingerprint density at radius 2 is 2.26 bits per heavy atom. The van der Waals surface area contributed by atoms with E-state index in [9.17, 15) is 9.59 Å². The van der Waals surface area contributed by atoms with Crippen LogP contribution >= 0.6 is 11.8 Å². The van der Waals surface area contributed by atoms with Gasteiger partial charge in [-0.25, -0.2) is 4.79 Å². The predicted octanol–water partition coefficient (Wildman–Crippen LogP) is 2.30. The Hall–Kier alpha value is -0.970. The Kier molecular flexibility index (Phi) is 3.56. The topological polar surface area (TPSA) is 49.4 Å². The summed E-state index contributed by atoms with van der Waals surface area (Å²) in [4.78, 5) is 25.8. The van der Waals surface area contributed by atoms with E-state index >= 15 is 0 Å². The third kappa shape index (κ3) is 2.40. The number of allylic oxidation sites excluding steroid dienone is 1. The second kappa shape index (κ2) is 5.19. The molecule has 1 aliphatic carbocycles. The second-order valence-corrected chi connectivity index (χ2v) is 6.73. The van der Waals surface area contributed by atoms with Crippen molar-refractivity contribution >= 4 is 23.7 Å². The number of nitrogens with zero attached hydrogens (tertiary/aromatic N) is 1. The highest BCUT2D eigenvalue weighted by atomic mass is 32.2. The minimum absolute atomic E-state index is 0.00101. The Morgan fingerprint density at radius 3 is 2.95 bits per heavy atom. The van der Waals surface area contributed by atoms with E-state index in [4.69, 9.17) is 0 Å². The van der Waals surface area contributed by atoms with Gasteiger partial charge in [0.1, 0.15) is 5.54 Å². The molecule has 0 aromatic rings. The van der Waals surface area contributed by atoms with Crippen molar-refractivity contribution in [3.8, 4) is 0 Å². The molecule has 0 aromatic carbocycles. The van der Waals surface area contributed by atoms with E-state index in [1.54, 1.807) is 11.8 Å². The van der Waals surface area contributed by atoms with Crippen molar-refractivity contribution < 1.29 is 9.59 Å². The van der Waals surface area contributed by atoms with E-state index in [1.165, 1.54) is 23.3 Å². The van der Waals surface area contributed by atoms with Crippen LogP contribution in [-0.2, 0) is 4.79 Å². The lowest BCUT2D eigenvalue weighted by Crippen LogP contribution is -2.47. The van der Waals surface area contributed by atoms with Gasteiger partial charge in [-0.2, -0.15) is 11.8 Å². The maximum absolute atomic E-state index is 12.4. The fraction of sp³-hybridized carbons (Fsp3) is 0.714. The van der Waals surface area contributed by atoms with Crippen LogP contribution in [0.15, 0.2) is 11.6 Å². The maximum atomic E-state index is 12.4. The molecule has 2 fully saturated rings. The van der Waals surface area contributed by atoms with Gasteiger partial charge in [-0.3, -0.25) is 9.69 Å². The lowest BCUT2D eigenvalue weighted by molar-refractivity contribution is -0.130. The summed E-state index contributed by atoms with van der Waals surface area (Å²) in [5.74, 6) is 1.70. The number of carbonyl (C=O) groups is 2. The van der Waals surface area contributed by atoms with Crippen LogP contribution in [0.2, 0.25) is 0 Å². The Morgan fingerprint density at radius 1 is 1.37 bits per heavy atom. The molecule has 0 saturated carbocycles. The molecule has 104 valence electrons. The first-order valence-corrected chi connectivity index (χ1v) is 8.26. The first-order chi connectivity index (χ1) is 9.21. The molecule has 2 aliphatic heterocycles. The first kappa shape index (κ1) is 13.0. The van der Waals surface area contributed by atoms with E-state index in [0.717, 1.165) is 37.2 Å². The third-order valence-electron chi connectivity index (χ3n) is 4.31. The van der Waals surface area contributed by atoms with Crippen LogP contribution in [0.1, 0.15) is 38.5 Å². The average Bonchev–Trinajstić information content (AvgIpc) is 2.97. The van der Waals surface area contributed by atoms with Crippen molar-refractivity contribution in [2.75, 3.05) is 18.1 Å². The molecule has 3 rings (SSSR count). The van der Waals surface area contributed by atoms with Gasteiger partial charge in [0.15, 0.2) is 0 Å². The largest absolute Gasteiger partial charge is 0.325 e. The van der Waals surface area contributed by atoms with Crippen molar-refractivity contribution in [3.05, 3.63) is 11.6 Å². The zero-order valence-corrected chi connectivity index (χ0v) is 11.9. The molecule has 19 heavy (non-hydrogen) atoms. The van der Waals surface area contributed by atoms with Crippen molar-refractivity contribution in [1.82, 2.24) is 10.2 Å². The van der Waals surface area contributed by atoms with Crippen molar-refractivity contribution in [2.24, 2.45) is 0 Å². The zero-order valence-electron chi connectivity index (χ0n) is 11.1. The maximum Gasteiger partial charge on any atom is 0.325 e. The number of nitrogens with one attached hydrogen (secondary N) is 1. The van der Waals surface area contributed by atoms with Crippen LogP contribution in [0.25, 0.3) is 0 Å². The van der Waals surface area contributed by atoms with Crippen molar-refractivity contribution in [2.45, 2.75) is 44.1 Å². The molecule has 1 atom stereocenters. The van der Waals surface area contributed by atoms with Crippen LogP contribution in [0.5, 0.6) is 0 Å². The van der Waals surface area contributed by atoms with Gasteiger partial charge in [0.2, 0.25) is 0 Å². The molecule has 3 amide bonds. The summed E-state index contributed by atoms with van der Waals surface area (Å²) in [6, 6.07) is -0.191. The average molecular weight is 280 g/mol. The molecule has 0 aromatic heterocycles. The molecule has 1 spiro atoms. The molecular formula is C14H20N2O2S. The summed E-state index contributed by atoms with van der Waals surface area (Å²) in [6.45, 7) is 0.545. The van der Waals surface area contributed by atoms with Gasteiger partial charge in [0.25, 0.3) is 5.91 Å². The van der Waals surface area contributed by atoms with E-state index < -0.39 is 5.54 Å². The summed E-state index contributed by atoms with van der Waals surface area (Å²) in [7, 11) is 0. The summed E-state index contributed by atoms with van der Waals surface area (Å²) >= 11 is 1.75. The van der Waals surface area contributed by atoms with E-state index in [1.807, 2.05) is 0 Å². The number of amides is 3. The van der Waals surface area contributed by atoms with Gasteiger partial charge in [-0.05, 0) is 44.3 Å². The number of urea groups is 1. The first-order valence-electron chi connectivity index (χ1n) is 7.11. The standard InChI is InChI=1S/C14H20N2O2S/c17-12-14(7-9-19-10-14)15-13(18)16(12)8-6-11-4-2-1-3-5-11/h4H,1-3,5-10H2,(H,15,18)/t14-/m1/s1. The normalized spacial score (nSPS) is 30.9. The molecule has 3 aliphatic rings. The van der Waals surface area contributed by atoms with Crippen molar-refractivity contribution in [3.63, 3.8) is 0 Å². The minimum Gasteiger partial charge on any atom is -0.322 e. The van der Waals surface area contributed by atoms with Gasteiger partial charge in [0.05, 0.1) is 0 Å². The molecule has 5 heteroatoms. The predicted molar refractivity (Wildman–Crippen MR) is 76.1 cm³/mol. The summed E-state index contributed by atoms with van der Waals surface area (Å²) < 4.78 is 0. The molecule has 4 nitrogen and oxygen atoms in total. The van der Waals surface area contributed by atoms with Crippen LogP contribution < -0.4 is 5.32 Å². The number of imide groups is 1. The minimum atomic E-state index is -0.581. The lowest BCUT2D eigenvalue weighted by atomic mass is 9.96. The summed E-state index contributed by atoms with van der Waals surface area (Å²) in [6.07, 6.45) is 8.70. The Balaban J connectivity index is 1.63. The second-order valence-electron chi connectivity index (χ2n) is 5.63. The highest BCUT2D eigenvalue weighted by Gasteiger charge is 2.52. The van der Waals surface area contributed by atoms with Gasteiger partial charge >= 0.3 is 6.03 Å². The number of thioether (sulfide) groups is 1. The van der Waals surface area contributed by atoms with Gasteiger partial charge in [-0.15, -0.1) is 0 Å². The zero-order chi connectivity index (χ0) is 13.3. The summed E-state index contributed by atoms with van der Waals surface area (Å²) in [5.41, 5.74) is 0.830. The van der Waals surface area contributed by atoms with Crippen LogP contribution in [-0.4, -0.2) is 40.4 Å². The Bertz CT molecular complexity index is 427. The fourth-order valence-corrected chi connectivity index (χ4v) is 4.42. The van der Waals surface area contributed by atoms with Gasteiger partial charge in [0, 0.05) is 12.3 Å². The fourth-order valence-electron chi connectivity index (χ4n) is 3.10. The Labute approximate surface area is 118 Å². The van der Waals surface area contributed by atoms with Crippen LogP contribution in [0, 0.1) is 0 Å². The molecule has 2 saturated heterocycles. The molecule has 0 unspecified atom stereocenters. The molecular weight excluding hydrogens is 260 g/mol. The highest BCUT2D eigenvalue weighted by Crippen LogP contribution is 2.33. The molecule has 0 radical (unpaired) electrons. The highest BCUT2D eigenvalue weighted by molar-refractivity contribution is 7.99. The molecule has 1 N–H and O–H groups in total. The number of carbonyl (C=O) groups excluding carboxylic acids is 2. The van der Waals surface area contributed by atoms with E-state index in [0.29, 0.717) is 6.54 Å². The summed E-state index contributed by atoms with van der Waals surface area (Å²) in [5, 5.41) is 2.91. The SMILES string of the molecule is O=C1N[C@@]2(CCSC2)C(=O)N1CCC1=CCCCC1. The smallest absolute Gasteiger partial charge is 0.322 e. The molecule has 2 heterocycles. The molecule has 0 bridgehead atoms. The number of hydrogen-bond donors (Lipinski definition) is 1. The number of rotatable bonds is 3. The lowest BCUT2D eigenvalue weighted by Gasteiger charge is -2.20. The van der Waals surface area contributed by atoms with Crippen LogP contribution in [0.4, 0.5) is 4.79 Å². The van der Waals surface area contributed by atoms with E-state index in [-0.39, 0.29) is 11.9 Å². The van der Waals surface area contributed by atoms with Crippen molar-refractivity contribution in [1.29, 1.82) is 0 Å².